The second kappa shape index (κ2) is 10.4. The molecule has 1 saturated heterocycles. The number of pyridine rings is 1. The molecule has 10 nitrogen and oxygen atoms in total. The number of hydrogen-bond donors (Lipinski definition) is 0. The van der Waals surface area contributed by atoms with Crippen molar-refractivity contribution in [2.75, 3.05) is 19.7 Å². The van der Waals surface area contributed by atoms with Gasteiger partial charge < -0.3 is 9.15 Å². The highest BCUT2D eigenvalue weighted by Crippen LogP contribution is 2.39. The number of likely N-dealkylation sites (tertiary alicyclic amines) is 1. The molecule has 4 aromatic rings. The molecule has 0 spiro atoms. The molecule has 0 unspecified atom stereocenters. The number of ether oxygens (including phenoxy) is 1. The van der Waals surface area contributed by atoms with Crippen LogP contribution in [0.5, 0.6) is 5.75 Å². The van der Waals surface area contributed by atoms with E-state index in [1.54, 1.807) is 20.0 Å². The predicted molar refractivity (Wildman–Crippen MR) is 129 cm³/mol. The van der Waals surface area contributed by atoms with Crippen molar-refractivity contribution in [3.63, 3.8) is 0 Å². The molecule has 0 aliphatic carbocycles. The van der Waals surface area contributed by atoms with E-state index in [0.717, 1.165) is 32.0 Å². The van der Waals surface area contributed by atoms with Gasteiger partial charge in [0.15, 0.2) is 5.69 Å². The Morgan fingerprint density at radius 2 is 1.95 bits per heavy atom. The number of nitrogens with zero attached hydrogens (tertiary/aromatic N) is 8. The van der Waals surface area contributed by atoms with Crippen LogP contribution < -0.4 is 4.74 Å². The van der Waals surface area contributed by atoms with Crippen LogP contribution in [0.25, 0.3) is 22.3 Å². The van der Waals surface area contributed by atoms with Crippen molar-refractivity contribution in [2.45, 2.75) is 38.9 Å². The average Bonchev–Trinajstić information content (AvgIpc) is 3.48. The van der Waals surface area contributed by atoms with Gasteiger partial charge in [-0.25, -0.2) is 9.67 Å². The monoisotopic (exact) mass is 526 g/mol. The van der Waals surface area contributed by atoms with Crippen LogP contribution in [0.3, 0.4) is 0 Å². The zero-order chi connectivity index (χ0) is 26.9. The van der Waals surface area contributed by atoms with Crippen LogP contribution in [-0.4, -0.2) is 54.8 Å². The van der Waals surface area contributed by atoms with Gasteiger partial charge in [0.2, 0.25) is 11.8 Å². The number of fused-ring (bicyclic) bond motifs is 1. The van der Waals surface area contributed by atoms with Crippen LogP contribution in [0.15, 0.2) is 28.7 Å². The van der Waals surface area contributed by atoms with Crippen molar-refractivity contribution in [1.82, 2.24) is 35.1 Å². The number of halogens is 3. The van der Waals surface area contributed by atoms with E-state index >= 15 is 0 Å². The van der Waals surface area contributed by atoms with Crippen LogP contribution in [0.2, 0.25) is 0 Å². The maximum Gasteiger partial charge on any atom is 0.419 e. The molecule has 1 aliphatic heterocycles. The molecule has 0 bridgehead atoms. The lowest BCUT2D eigenvalue weighted by Gasteiger charge is -2.31. The fraction of sp³-hybridized carbons (Fsp3) is 0.440. The maximum absolute atomic E-state index is 14.0. The number of alkyl halides is 3. The normalized spacial score (nSPS) is 15.2. The van der Waals surface area contributed by atoms with Crippen LogP contribution in [0, 0.1) is 24.2 Å². The molecule has 4 heterocycles. The van der Waals surface area contributed by atoms with Crippen LogP contribution in [0.4, 0.5) is 13.2 Å². The summed E-state index contributed by atoms with van der Waals surface area (Å²) in [6.45, 7) is 4.23. The second-order valence-corrected chi connectivity index (χ2v) is 9.33. The second-order valence-electron chi connectivity index (χ2n) is 9.33. The summed E-state index contributed by atoms with van der Waals surface area (Å²) in [6, 6.07) is 7.34. The highest BCUT2D eigenvalue weighted by molar-refractivity contribution is 5.83. The molecule has 0 atom stereocenters. The number of piperidine rings is 1. The molecule has 5 rings (SSSR count). The minimum absolute atomic E-state index is 0.00210. The van der Waals surface area contributed by atoms with E-state index in [2.05, 4.69) is 30.4 Å². The van der Waals surface area contributed by atoms with E-state index < -0.39 is 11.7 Å². The number of aryl methyl sites for hydroxylation is 2. The number of rotatable bonds is 7. The summed E-state index contributed by atoms with van der Waals surface area (Å²) in [5, 5.41) is 25.1. The third-order valence-electron chi connectivity index (χ3n) is 6.70. The summed E-state index contributed by atoms with van der Waals surface area (Å²) >= 11 is 0. The predicted octanol–water partition coefficient (Wildman–Crippen LogP) is 4.29. The van der Waals surface area contributed by atoms with E-state index in [0.29, 0.717) is 41.7 Å². The van der Waals surface area contributed by atoms with Crippen molar-refractivity contribution in [2.24, 2.45) is 13.0 Å². The molecule has 1 aliphatic rings. The highest BCUT2D eigenvalue weighted by atomic mass is 19.4. The van der Waals surface area contributed by atoms with Gasteiger partial charge in [0.1, 0.15) is 17.3 Å². The zero-order valence-electron chi connectivity index (χ0n) is 20.9. The third-order valence-corrected chi connectivity index (χ3v) is 6.70. The van der Waals surface area contributed by atoms with Gasteiger partial charge in [0.25, 0.3) is 0 Å². The first-order valence-corrected chi connectivity index (χ1v) is 12.2. The van der Waals surface area contributed by atoms with E-state index in [1.165, 1.54) is 16.8 Å². The van der Waals surface area contributed by atoms with E-state index in [9.17, 15) is 18.4 Å². The fourth-order valence-electron chi connectivity index (χ4n) is 4.65. The first-order chi connectivity index (χ1) is 18.2. The first-order valence-electron chi connectivity index (χ1n) is 12.2. The lowest BCUT2D eigenvalue weighted by atomic mass is 9.94. The molecule has 0 saturated carbocycles. The van der Waals surface area contributed by atoms with Gasteiger partial charge in [-0.15, -0.1) is 15.3 Å². The standard InChI is InChI=1S/C25H25F3N8O2/c1-15-31-32-23(38-15)14-36-8-5-16(6-9-36)7-10-37-22-4-3-17(11-18(22)25(26,27)28)19-12-21-24(20(13-29)30-19)33-34-35(21)2/h3-4,11-12,16H,5-10,14H2,1-2H3. The Kier molecular flexibility index (Phi) is 6.98. The largest absolute Gasteiger partial charge is 0.493 e. The summed E-state index contributed by atoms with van der Waals surface area (Å²) in [5.41, 5.74) is 0.344. The van der Waals surface area contributed by atoms with Gasteiger partial charge >= 0.3 is 6.18 Å². The quantitative estimate of drug-likeness (QED) is 0.347. The Labute approximate surface area is 216 Å². The summed E-state index contributed by atoms with van der Waals surface area (Å²) < 4.78 is 54.4. The Morgan fingerprint density at radius 3 is 2.63 bits per heavy atom. The third kappa shape index (κ3) is 5.45. The Hall–Kier alpha value is -4.05. The average molecular weight is 527 g/mol. The van der Waals surface area contributed by atoms with Crippen LogP contribution >= 0.6 is 0 Å². The van der Waals surface area contributed by atoms with Gasteiger partial charge in [-0.3, -0.25) is 4.90 Å². The number of nitriles is 1. The molecule has 1 aromatic carbocycles. The number of hydrogen-bond acceptors (Lipinski definition) is 9. The van der Waals surface area contributed by atoms with Gasteiger partial charge in [0, 0.05) is 19.5 Å². The molecule has 38 heavy (non-hydrogen) atoms. The SMILES string of the molecule is Cc1nnc(CN2CCC(CCOc3ccc(-c4cc5c(nnn5C)c(C#N)n4)cc3C(F)(F)F)CC2)o1. The van der Waals surface area contributed by atoms with Crippen molar-refractivity contribution in [1.29, 1.82) is 5.26 Å². The smallest absolute Gasteiger partial charge is 0.419 e. The summed E-state index contributed by atoms with van der Waals surface area (Å²) in [4.78, 5) is 6.44. The molecule has 0 amide bonds. The van der Waals surface area contributed by atoms with E-state index in [4.69, 9.17) is 9.15 Å². The highest BCUT2D eigenvalue weighted by Gasteiger charge is 2.35. The fourth-order valence-corrected chi connectivity index (χ4v) is 4.65. The number of aromatic nitrogens is 6. The van der Waals surface area contributed by atoms with Crippen molar-refractivity contribution in [3.05, 3.63) is 47.3 Å². The summed E-state index contributed by atoms with van der Waals surface area (Å²) in [5.74, 6) is 1.25. The lowest BCUT2D eigenvalue weighted by Crippen LogP contribution is -2.33. The van der Waals surface area contributed by atoms with Gasteiger partial charge in [-0.1, -0.05) is 5.21 Å². The topological polar surface area (TPSA) is 119 Å². The molecule has 1 fully saturated rings. The maximum atomic E-state index is 14.0. The molecule has 0 radical (unpaired) electrons. The molecular weight excluding hydrogens is 501 g/mol. The lowest BCUT2D eigenvalue weighted by molar-refractivity contribution is -0.138. The van der Waals surface area contributed by atoms with Crippen molar-refractivity contribution >= 4 is 11.0 Å². The number of benzene rings is 1. The van der Waals surface area contributed by atoms with E-state index in [-0.39, 0.29) is 29.3 Å². The molecule has 198 valence electrons. The van der Waals surface area contributed by atoms with Crippen LogP contribution in [0.1, 0.15) is 42.3 Å². The Balaban J connectivity index is 1.25. The first kappa shape index (κ1) is 25.6. The van der Waals surface area contributed by atoms with Crippen molar-refractivity contribution < 1.29 is 22.3 Å². The van der Waals surface area contributed by atoms with Crippen LogP contribution in [-0.2, 0) is 19.8 Å². The van der Waals surface area contributed by atoms with E-state index in [1.807, 2.05) is 6.07 Å². The molecule has 13 heteroatoms. The Bertz CT molecular complexity index is 1480. The molecule has 0 N–H and O–H groups in total. The van der Waals surface area contributed by atoms with Gasteiger partial charge in [-0.2, -0.15) is 18.4 Å². The summed E-state index contributed by atoms with van der Waals surface area (Å²) in [7, 11) is 1.64. The van der Waals surface area contributed by atoms with Crippen molar-refractivity contribution in [3.8, 4) is 23.1 Å². The minimum Gasteiger partial charge on any atom is -0.493 e. The molecular formula is C25H25F3N8O2. The van der Waals surface area contributed by atoms with Gasteiger partial charge in [0.05, 0.1) is 29.9 Å². The zero-order valence-corrected chi connectivity index (χ0v) is 20.9. The molecule has 3 aromatic heterocycles. The summed E-state index contributed by atoms with van der Waals surface area (Å²) in [6.07, 6.45) is -2.14. The van der Waals surface area contributed by atoms with Gasteiger partial charge in [-0.05, 0) is 62.5 Å². The Morgan fingerprint density at radius 1 is 1.16 bits per heavy atom. The minimum atomic E-state index is -4.62.